The second-order valence-corrected chi connectivity index (χ2v) is 7.74. The maximum atomic E-state index is 12.1. The number of esters is 2. The van der Waals surface area contributed by atoms with Gasteiger partial charge in [0.2, 0.25) is 5.91 Å². The van der Waals surface area contributed by atoms with E-state index in [1.165, 1.54) is 32.4 Å². The fourth-order valence-electron chi connectivity index (χ4n) is 2.97. The van der Waals surface area contributed by atoms with Crippen molar-refractivity contribution in [2.75, 3.05) is 37.5 Å². The first-order valence-electron chi connectivity index (χ1n) is 10.9. The number of azo groups is 1. The topological polar surface area (TPSA) is 153 Å². The van der Waals surface area contributed by atoms with E-state index in [-0.39, 0.29) is 54.7 Å². The van der Waals surface area contributed by atoms with E-state index in [4.69, 9.17) is 21.1 Å². The number of methoxy groups -OCH3 is 2. The van der Waals surface area contributed by atoms with Crippen molar-refractivity contribution in [3.05, 3.63) is 51.5 Å². The lowest BCUT2D eigenvalue weighted by Crippen LogP contribution is -2.29. The van der Waals surface area contributed by atoms with Crippen molar-refractivity contribution in [2.24, 2.45) is 10.2 Å². The Morgan fingerprint density at radius 3 is 2.11 bits per heavy atom. The number of benzene rings is 2. The first-order valence-corrected chi connectivity index (χ1v) is 11.2. The third-order valence-corrected chi connectivity index (χ3v) is 5.28. The van der Waals surface area contributed by atoms with Gasteiger partial charge in [0.1, 0.15) is 11.4 Å². The number of nitrogens with zero attached hydrogens (tertiary/aromatic N) is 4. The van der Waals surface area contributed by atoms with Crippen LogP contribution in [0.3, 0.4) is 0 Å². The van der Waals surface area contributed by atoms with E-state index in [1.54, 1.807) is 30.0 Å². The van der Waals surface area contributed by atoms with Gasteiger partial charge in [-0.25, -0.2) is 0 Å². The van der Waals surface area contributed by atoms with Crippen LogP contribution in [0.2, 0.25) is 5.02 Å². The van der Waals surface area contributed by atoms with Crippen LogP contribution in [-0.4, -0.2) is 50.1 Å². The Kier molecular flexibility index (Phi) is 10.7. The van der Waals surface area contributed by atoms with E-state index in [0.29, 0.717) is 17.1 Å². The smallest absolute Gasteiger partial charge is 0.307 e. The minimum atomic E-state index is -0.573. The highest BCUT2D eigenvalue weighted by Gasteiger charge is 2.16. The summed E-state index contributed by atoms with van der Waals surface area (Å²) in [5, 5.41) is 21.9. The van der Waals surface area contributed by atoms with Gasteiger partial charge < -0.3 is 19.7 Å². The highest BCUT2D eigenvalue weighted by atomic mass is 35.5. The fourth-order valence-corrected chi connectivity index (χ4v) is 3.18. The van der Waals surface area contributed by atoms with E-state index < -0.39 is 16.9 Å². The Morgan fingerprint density at radius 1 is 1.00 bits per heavy atom. The highest BCUT2D eigenvalue weighted by Crippen LogP contribution is 2.34. The van der Waals surface area contributed by atoms with Crippen LogP contribution in [-0.2, 0) is 23.9 Å². The standard InChI is InChI=1S/C23H26ClN5O7/c1-4-21(30)25-20-14-15(28(11-9-22(31)35-2)12-10-23(32)36-3)5-8-19(20)27-26-18-7-6-16(29(33)34)13-17(18)24/h5-8,13-14H,4,9-12H2,1-3H3,(H,25,30). The summed E-state index contributed by atoms with van der Waals surface area (Å²) in [5.74, 6) is -1.10. The lowest BCUT2D eigenvalue weighted by Gasteiger charge is -2.25. The maximum Gasteiger partial charge on any atom is 0.307 e. The third kappa shape index (κ3) is 8.31. The van der Waals surface area contributed by atoms with Gasteiger partial charge in [-0.05, 0) is 24.3 Å². The third-order valence-electron chi connectivity index (χ3n) is 4.98. The number of amides is 1. The molecule has 0 aliphatic heterocycles. The number of carbonyl (C=O) groups is 3. The summed E-state index contributed by atoms with van der Waals surface area (Å²) < 4.78 is 9.42. The number of halogens is 1. The zero-order chi connectivity index (χ0) is 26.7. The zero-order valence-corrected chi connectivity index (χ0v) is 20.8. The maximum absolute atomic E-state index is 12.1. The van der Waals surface area contributed by atoms with Crippen molar-refractivity contribution in [1.29, 1.82) is 0 Å². The second kappa shape index (κ2) is 13.7. The molecule has 0 radical (unpaired) electrons. The summed E-state index contributed by atoms with van der Waals surface area (Å²) in [6.45, 7) is 2.20. The van der Waals surface area contributed by atoms with Crippen molar-refractivity contribution in [1.82, 2.24) is 0 Å². The predicted molar refractivity (Wildman–Crippen MR) is 133 cm³/mol. The normalized spacial score (nSPS) is 10.7. The van der Waals surface area contributed by atoms with Gasteiger partial charge in [-0.3, -0.25) is 24.5 Å². The molecule has 0 aromatic heterocycles. The molecule has 12 nitrogen and oxygen atoms in total. The van der Waals surface area contributed by atoms with Crippen LogP contribution in [0.15, 0.2) is 46.6 Å². The molecule has 2 aromatic rings. The number of nitro groups is 1. The first kappa shape index (κ1) is 28.2. The van der Waals surface area contributed by atoms with Gasteiger partial charge in [-0.1, -0.05) is 18.5 Å². The Balaban J connectivity index is 2.40. The first-order chi connectivity index (χ1) is 17.2. The SMILES string of the molecule is CCC(=O)Nc1cc(N(CCC(=O)OC)CCC(=O)OC)ccc1N=Nc1ccc([N+](=O)[O-])cc1Cl. The zero-order valence-electron chi connectivity index (χ0n) is 20.0. The minimum Gasteiger partial charge on any atom is -0.469 e. The Labute approximate surface area is 212 Å². The molecule has 13 heteroatoms. The Bertz CT molecular complexity index is 1140. The summed E-state index contributed by atoms with van der Waals surface area (Å²) >= 11 is 6.09. The van der Waals surface area contributed by atoms with Crippen LogP contribution in [0.1, 0.15) is 26.2 Å². The van der Waals surface area contributed by atoms with Crippen molar-refractivity contribution < 1.29 is 28.8 Å². The summed E-state index contributed by atoms with van der Waals surface area (Å²) in [6.07, 6.45) is 0.367. The monoisotopic (exact) mass is 519 g/mol. The van der Waals surface area contributed by atoms with Crippen LogP contribution < -0.4 is 10.2 Å². The summed E-state index contributed by atoms with van der Waals surface area (Å²) in [5.41, 5.74) is 1.27. The number of hydrogen-bond donors (Lipinski definition) is 1. The lowest BCUT2D eigenvalue weighted by atomic mass is 10.2. The van der Waals surface area contributed by atoms with Gasteiger partial charge >= 0.3 is 11.9 Å². The Hall–Kier alpha value is -4.06. The molecule has 0 fully saturated rings. The van der Waals surface area contributed by atoms with Crippen LogP contribution >= 0.6 is 11.6 Å². The van der Waals surface area contributed by atoms with Gasteiger partial charge in [0, 0.05) is 37.3 Å². The molecular formula is C23H26ClN5O7. The van der Waals surface area contributed by atoms with Crippen molar-refractivity contribution in [2.45, 2.75) is 26.2 Å². The molecule has 1 amide bonds. The summed E-state index contributed by atoms with van der Waals surface area (Å²) in [6, 6.07) is 8.73. The van der Waals surface area contributed by atoms with Crippen LogP contribution in [0.4, 0.5) is 28.4 Å². The van der Waals surface area contributed by atoms with E-state index in [1.807, 2.05) is 0 Å². The average molecular weight is 520 g/mol. The molecule has 2 aromatic carbocycles. The summed E-state index contributed by atoms with van der Waals surface area (Å²) in [7, 11) is 2.58. The molecular weight excluding hydrogens is 494 g/mol. The quantitative estimate of drug-likeness (QED) is 0.179. The molecule has 0 aliphatic carbocycles. The number of non-ortho nitro benzene ring substituents is 1. The van der Waals surface area contributed by atoms with E-state index >= 15 is 0 Å². The number of ether oxygens (including phenoxy) is 2. The molecule has 0 bridgehead atoms. The van der Waals surface area contributed by atoms with Gasteiger partial charge in [0.25, 0.3) is 5.69 Å². The highest BCUT2D eigenvalue weighted by molar-refractivity contribution is 6.33. The molecule has 36 heavy (non-hydrogen) atoms. The molecule has 0 heterocycles. The van der Waals surface area contributed by atoms with Gasteiger partial charge in [-0.2, -0.15) is 0 Å². The van der Waals surface area contributed by atoms with Gasteiger partial charge in [0.05, 0.1) is 42.7 Å². The van der Waals surface area contributed by atoms with Crippen LogP contribution in [0.25, 0.3) is 0 Å². The molecule has 0 saturated carbocycles. The predicted octanol–water partition coefficient (Wildman–Crippen LogP) is 4.94. The second-order valence-electron chi connectivity index (χ2n) is 7.34. The van der Waals surface area contributed by atoms with E-state index in [9.17, 15) is 24.5 Å². The van der Waals surface area contributed by atoms with Gasteiger partial charge in [0.15, 0.2) is 0 Å². The number of nitro benzene ring substituents is 1. The van der Waals surface area contributed by atoms with E-state index in [0.717, 1.165) is 0 Å². The number of carbonyl (C=O) groups excluding carboxylic acids is 3. The summed E-state index contributed by atoms with van der Waals surface area (Å²) in [4.78, 5) is 47.6. The lowest BCUT2D eigenvalue weighted by molar-refractivity contribution is -0.384. The molecule has 0 atom stereocenters. The van der Waals surface area contributed by atoms with Crippen molar-refractivity contribution in [3.63, 3.8) is 0 Å². The van der Waals surface area contributed by atoms with Crippen LogP contribution in [0, 0.1) is 10.1 Å². The van der Waals surface area contributed by atoms with E-state index in [2.05, 4.69) is 15.5 Å². The number of hydrogen-bond acceptors (Lipinski definition) is 10. The van der Waals surface area contributed by atoms with Gasteiger partial charge in [-0.15, -0.1) is 10.2 Å². The molecule has 0 saturated heterocycles. The Morgan fingerprint density at radius 2 is 1.58 bits per heavy atom. The van der Waals surface area contributed by atoms with Crippen molar-refractivity contribution >= 4 is 57.9 Å². The number of rotatable bonds is 12. The molecule has 192 valence electrons. The molecule has 0 spiro atoms. The number of anilines is 2. The largest absolute Gasteiger partial charge is 0.469 e. The fraction of sp³-hybridized carbons (Fsp3) is 0.348. The van der Waals surface area contributed by atoms with Crippen molar-refractivity contribution in [3.8, 4) is 0 Å². The molecule has 0 aliphatic rings. The van der Waals surface area contributed by atoms with Crippen LogP contribution in [0.5, 0.6) is 0 Å². The number of nitrogens with one attached hydrogen (secondary N) is 1. The molecule has 0 unspecified atom stereocenters. The molecule has 1 N–H and O–H groups in total. The minimum absolute atomic E-state index is 0.0421. The molecule has 2 rings (SSSR count). The average Bonchev–Trinajstić information content (AvgIpc) is 2.87.